The summed E-state index contributed by atoms with van der Waals surface area (Å²) in [4.78, 5) is 4.75. The molecule has 0 amide bonds. The number of nitrogens with zero attached hydrogens (tertiary/aromatic N) is 3. The monoisotopic (exact) mass is 248 g/mol. The number of hydrogen-bond donors (Lipinski definition) is 1. The fourth-order valence-corrected chi connectivity index (χ4v) is 3.23. The molecular weight excluding hydrogens is 232 g/mol. The highest BCUT2D eigenvalue weighted by molar-refractivity contribution is 7.10. The van der Waals surface area contributed by atoms with Crippen molar-refractivity contribution < 1.29 is 0 Å². The second-order valence-corrected chi connectivity index (χ2v) is 5.34. The molecule has 0 bridgehead atoms. The lowest BCUT2D eigenvalue weighted by molar-refractivity contribution is 0.460. The number of aryl methyl sites for hydroxylation is 1. The fraction of sp³-hybridized carbons (Fsp3) is 0.500. The molecule has 1 atom stereocenters. The van der Waals surface area contributed by atoms with Crippen molar-refractivity contribution in [1.29, 1.82) is 0 Å². The van der Waals surface area contributed by atoms with Crippen LogP contribution in [-0.4, -0.2) is 27.9 Å². The van der Waals surface area contributed by atoms with E-state index in [0.29, 0.717) is 5.92 Å². The lowest BCUT2D eigenvalue weighted by Crippen LogP contribution is -2.28. The molecule has 5 heteroatoms. The summed E-state index contributed by atoms with van der Waals surface area (Å²) in [6.07, 6.45) is 4.33. The molecule has 4 nitrogen and oxygen atoms in total. The Kier molecular flexibility index (Phi) is 2.94. The zero-order chi connectivity index (χ0) is 11.7. The zero-order valence-corrected chi connectivity index (χ0v) is 10.7. The van der Waals surface area contributed by atoms with Crippen LogP contribution in [0.1, 0.15) is 23.8 Å². The summed E-state index contributed by atoms with van der Waals surface area (Å²) in [5.74, 6) is 0.593. The van der Waals surface area contributed by atoms with Gasteiger partial charge in [0.1, 0.15) is 0 Å². The molecule has 0 aromatic carbocycles. The van der Waals surface area contributed by atoms with Crippen molar-refractivity contribution in [1.82, 2.24) is 20.1 Å². The van der Waals surface area contributed by atoms with Crippen LogP contribution in [0.25, 0.3) is 11.4 Å². The van der Waals surface area contributed by atoms with E-state index >= 15 is 0 Å². The summed E-state index contributed by atoms with van der Waals surface area (Å²) in [5.41, 5.74) is 2.15. The highest BCUT2D eigenvalue weighted by atomic mass is 32.1. The Morgan fingerprint density at radius 3 is 3.18 bits per heavy atom. The first kappa shape index (κ1) is 10.9. The lowest BCUT2D eigenvalue weighted by Gasteiger charge is -2.20. The topological polar surface area (TPSA) is 42.7 Å². The van der Waals surface area contributed by atoms with E-state index < -0.39 is 0 Å². The molecule has 1 unspecified atom stereocenters. The van der Waals surface area contributed by atoms with E-state index in [9.17, 15) is 0 Å². The van der Waals surface area contributed by atoms with E-state index in [2.05, 4.69) is 15.8 Å². The van der Waals surface area contributed by atoms with Gasteiger partial charge in [-0.1, -0.05) is 0 Å². The molecule has 17 heavy (non-hydrogen) atoms. The summed E-state index contributed by atoms with van der Waals surface area (Å²) in [5, 5.41) is 11.0. The predicted molar refractivity (Wildman–Crippen MR) is 69.2 cm³/mol. The third-order valence-electron chi connectivity index (χ3n) is 3.25. The first-order valence-corrected chi connectivity index (χ1v) is 6.87. The molecule has 0 radical (unpaired) electrons. The van der Waals surface area contributed by atoms with Gasteiger partial charge in [0.25, 0.3) is 0 Å². The van der Waals surface area contributed by atoms with Crippen molar-refractivity contribution in [3.8, 4) is 11.4 Å². The average Bonchev–Trinajstić information content (AvgIpc) is 2.98. The van der Waals surface area contributed by atoms with Crippen LogP contribution < -0.4 is 5.32 Å². The van der Waals surface area contributed by atoms with Gasteiger partial charge in [0.2, 0.25) is 0 Å². The maximum atomic E-state index is 4.75. The Labute approximate surface area is 105 Å². The number of nitrogens with one attached hydrogen (secondary N) is 1. The second-order valence-electron chi connectivity index (χ2n) is 4.45. The maximum absolute atomic E-state index is 4.75. The number of rotatable bonds is 2. The minimum atomic E-state index is 0.593. The zero-order valence-electron chi connectivity index (χ0n) is 9.89. The van der Waals surface area contributed by atoms with Crippen LogP contribution in [0.2, 0.25) is 0 Å². The smallest absolute Gasteiger partial charge is 0.0995 e. The van der Waals surface area contributed by atoms with Gasteiger partial charge in [0.05, 0.1) is 16.4 Å². The van der Waals surface area contributed by atoms with Crippen molar-refractivity contribution >= 4 is 11.3 Å². The number of piperidine rings is 1. The summed E-state index contributed by atoms with van der Waals surface area (Å²) in [6.45, 7) is 2.22. The van der Waals surface area contributed by atoms with Crippen LogP contribution in [-0.2, 0) is 7.05 Å². The second kappa shape index (κ2) is 4.58. The van der Waals surface area contributed by atoms with E-state index in [1.165, 1.54) is 17.8 Å². The Balaban J connectivity index is 1.85. The van der Waals surface area contributed by atoms with Crippen molar-refractivity contribution in [3.05, 3.63) is 22.7 Å². The van der Waals surface area contributed by atoms with Gasteiger partial charge in [-0.2, -0.15) is 5.10 Å². The van der Waals surface area contributed by atoms with Crippen LogP contribution in [0.5, 0.6) is 0 Å². The van der Waals surface area contributed by atoms with Crippen LogP contribution in [0.3, 0.4) is 0 Å². The van der Waals surface area contributed by atoms with Crippen molar-refractivity contribution in [2.75, 3.05) is 13.1 Å². The molecule has 90 valence electrons. The fourth-order valence-electron chi connectivity index (χ4n) is 2.28. The minimum absolute atomic E-state index is 0.593. The molecule has 0 aliphatic carbocycles. The molecule has 2 aromatic rings. The molecule has 1 fully saturated rings. The summed E-state index contributed by atoms with van der Waals surface area (Å²) < 4.78 is 1.87. The Hall–Kier alpha value is -1.20. The largest absolute Gasteiger partial charge is 0.316 e. The highest BCUT2D eigenvalue weighted by Crippen LogP contribution is 2.29. The van der Waals surface area contributed by atoms with Crippen LogP contribution in [0, 0.1) is 0 Å². The number of thiazole rings is 1. The van der Waals surface area contributed by atoms with Crippen LogP contribution >= 0.6 is 11.3 Å². The van der Waals surface area contributed by atoms with Crippen LogP contribution in [0.15, 0.2) is 17.6 Å². The van der Waals surface area contributed by atoms with Crippen molar-refractivity contribution in [3.63, 3.8) is 0 Å². The SMILES string of the molecule is Cn1nccc1-c1csc(C2CCCNC2)n1. The standard InChI is InChI=1S/C12H16N4S/c1-16-11(4-6-14-16)10-8-17-12(15-10)9-3-2-5-13-7-9/h4,6,8-9,13H,2-3,5,7H2,1H3. The van der Waals surface area contributed by atoms with Gasteiger partial charge in [-0.05, 0) is 25.5 Å². The Bertz CT molecular complexity index is 496. The predicted octanol–water partition coefficient (Wildman–Crippen LogP) is 2.01. The van der Waals surface area contributed by atoms with Crippen molar-refractivity contribution in [2.24, 2.45) is 7.05 Å². The molecule has 1 aliphatic rings. The molecule has 1 saturated heterocycles. The summed E-state index contributed by atoms with van der Waals surface area (Å²) >= 11 is 1.77. The third kappa shape index (κ3) is 2.12. The molecule has 1 aliphatic heterocycles. The van der Waals surface area contributed by atoms with Gasteiger partial charge in [0.15, 0.2) is 0 Å². The Morgan fingerprint density at radius 1 is 1.53 bits per heavy atom. The molecule has 0 saturated carbocycles. The lowest BCUT2D eigenvalue weighted by atomic mass is 10.0. The van der Waals surface area contributed by atoms with Crippen LogP contribution in [0.4, 0.5) is 0 Å². The van der Waals surface area contributed by atoms with E-state index in [-0.39, 0.29) is 0 Å². The molecule has 3 rings (SSSR count). The van der Waals surface area contributed by atoms with E-state index in [1.54, 1.807) is 11.3 Å². The van der Waals surface area contributed by atoms with Gasteiger partial charge in [-0.25, -0.2) is 4.98 Å². The molecule has 1 N–H and O–H groups in total. The summed E-state index contributed by atoms with van der Waals surface area (Å²) in [7, 11) is 1.95. The quantitative estimate of drug-likeness (QED) is 0.884. The minimum Gasteiger partial charge on any atom is -0.316 e. The van der Waals surface area contributed by atoms with Gasteiger partial charge in [-0.3, -0.25) is 4.68 Å². The molecule has 2 aromatic heterocycles. The van der Waals surface area contributed by atoms with E-state index in [0.717, 1.165) is 24.5 Å². The van der Waals surface area contributed by atoms with Gasteiger partial charge < -0.3 is 5.32 Å². The van der Waals surface area contributed by atoms with Gasteiger partial charge in [-0.15, -0.1) is 11.3 Å². The molecule has 0 spiro atoms. The molecular formula is C12H16N4S. The van der Waals surface area contributed by atoms with Gasteiger partial charge in [0, 0.05) is 31.1 Å². The summed E-state index contributed by atoms with van der Waals surface area (Å²) in [6, 6.07) is 2.01. The molecule has 3 heterocycles. The highest BCUT2D eigenvalue weighted by Gasteiger charge is 2.19. The van der Waals surface area contributed by atoms with E-state index in [4.69, 9.17) is 4.98 Å². The van der Waals surface area contributed by atoms with Crippen molar-refractivity contribution in [2.45, 2.75) is 18.8 Å². The number of hydrogen-bond acceptors (Lipinski definition) is 4. The third-order valence-corrected chi connectivity index (χ3v) is 4.26. The Morgan fingerprint density at radius 2 is 2.47 bits per heavy atom. The first-order valence-electron chi connectivity index (χ1n) is 5.99. The normalized spacial score (nSPS) is 20.6. The first-order chi connectivity index (χ1) is 8.34. The number of aromatic nitrogens is 3. The van der Waals surface area contributed by atoms with E-state index in [1.807, 2.05) is 24.0 Å². The maximum Gasteiger partial charge on any atom is 0.0995 e. The van der Waals surface area contributed by atoms with Gasteiger partial charge >= 0.3 is 0 Å². The average molecular weight is 248 g/mol.